The van der Waals surface area contributed by atoms with Crippen molar-refractivity contribution in [2.24, 2.45) is 0 Å². The van der Waals surface area contributed by atoms with E-state index in [9.17, 15) is 5.11 Å². The maximum Gasteiger partial charge on any atom is 0.160 e. The number of methoxy groups -OCH3 is 1. The van der Waals surface area contributed by atoms with Crippen molar-refractivity contribution in [1.29, 1.82) is 0 Å². The fourth-order valence-electron chi connectivity index (χ4n) is 2.47. The number of benzene rings is 2. The molecule has 5 heteroatoms. The second kappa shape index (κ2) is 5.41. The van der Waals surface area contributed by atoms with Crippen LogP contribution in [0.3, 0.4) is 0 Å². The van der Waals surface area contributed by atoms with Gasteiger partial charge in [-0.05, 0) is 43.3 Å². The Hall–Kier alpha value is -2.01. The van der Waals surface area contributed by atoms with Crippen LogP contribution in [0.1, 0.15) is 6.92 Å². The zero-order chi connectivity index (χ0) is 15.0. The molecule has 1 N–H and O–H groups in total. The van der Waals surface area contributed by atoms with E-state index in [2.05, 4.69) is 27.4 Å². The van der Waals surface area contributed by atoms with Gasteiger partial charge >= 0.3 is 0 Å². The summed E-state index contributed by atoms with van der Waals surface area (Å²) in [6.07, 6.45) is 0. The number of aromatic hydroxyl groups is 1. The van der Waals surface area contributed by atoms with Crippen molar-refractivity contribution in [3.8, 4) is 22.9 Å². The number of halogens is 1. The quantitative estimate of drug-likeness (QED) is 0.772. The first-order valence-corrected chi connectivity index (χ1v) is 7.46. The molecule has 0 amide bonds. The van der Waals surface area contributed by atoms with E-state index >= 15 is 0 Å². The summed E-state index contributed by atoms with van der Waals surface area (Å²) in [5.41, 5.74) is 2.87. The van der Waals surface area contributed by atoms with Crippen molar-refractivity contribution in [1.82, 2.24) is 9.55 Å². The van der Waals surface area contributed by atoms with Crippen molar-refractivity contribution in [3.05, 3.63) is 40.9 Å². The number of ether oxygens (including phenoxy) is 1. The third-order valence-electron chi connectivity index (χ3n) is 3.46. The number of hydrogen-bond donors (Lipinski definition) is 1. The van der Waals surface area contributed by atoms with E-state index in [0.717, 1.165) is 33.4 Å². The van der Waals surface area contributed by atoms with Gasteiger partial charge in [-0.25, -0.2) is 4.98 Å². The molecule has 21 heavy (non-hydrogen) atoms. The van der Waals surface area contributed by atoms with Crippen LogP contribution in [0.5, 0.6) is 11.5 Å². The molecule has 4 nitrogen and oxygen atoms in total. The van der Waals surface area contributed by atoms with E-state index in [-0.39, 0.29) is 5.75 Å². The summed E-state index contributed by atoms with van der Waals surface area (Å²) >= 11 is 3.47. The molecule has 0 fully saturated rings. The number of fused-ring (bicyclic) bond motifs is 1. The molecular formula is C16H15BrN2O2. The summed E-state index contributed by atoms with van der Waals surface area (Å²) in [5.74, 6) is 1.41. The van der Waals surface area contributed by atoms with Crippen molar-refractivity contribution < 1.29 is 9.84 Å². The highest BCUT2D eigenvalue weighted by molar-refractivity contribution is 9.10. The smallest absolute Gasteiger partial charge is 0.160 e. The largest absolute Gasteiger partial charge is 0.504 e. The fraction of sp³-hybridized carbons (Fsp3) is 0.188. The molecule has 0 saturated carbocycles. The first kappa shape index (κ1) is 13.9. The van der Waals surface area contributed by atoms with Gasteiger partial charge in [-0.2, -0.15) is 0 Å². The second-order valence-corrected chi connectivity index (χ2v) is 5.62. The van der Waals surface area contributed by atoms with Crippen LogP contribution in [0.25, 0.3) is 22.4 Å². The number of rotatable bonds is 3. The van der Waals surface area contributed by atoms with Crippen LogP contribution in [0.2, 0.25) is 0 Å². The monoisotopic (exact) mass is 346 g/mol. The van der Waals surface area contributed by atoms with Crippen LogP contribution < -0.4 is 4.74 Å². The minimum Gasteiger partial charge on any atom is -0.504 e. The number of aromatic nitrogens is 2. The molecule has 3 rings (SSSR count). The second-order valence-electron chi connectivity index (χ2n) is 4.70. The van der Waals surface area contributed by atoms with Gasteiger partial charge in [0.2, 0.25) is 0 Å². The molecular weight excluding hydrogens is 332 g/mol. The summed E-state index contributed by atoms with van der Waals surface area (Å²) in [6, 6.07) is 11.4. The Bertz CT molecular complexity index is 811. The summed E-state index contributed by atoms with van der Waals surface area (Å²) in [7, 11) is 1.54. The number of phenolic OH excluding ortho intramolecular Hbond substituents is 1. The first-order valence-electron chi connectivity index (χ1n) is 6.67. The van der Waals surface area contributed by atoms with Gasteiger partial charge < -0.3 is 14.4 Å². The lowest BCUT2D eigenvalue weighted by molar-refractivity contribution is 0.373. The SMILES string of the molecule is CCn1c(-c2ccc(OC)c(O)c2)nc2cc(Br)ccc21. The van der Waals surface area contributed by atoms with Crippen molar-refractivity contribution in [3.63, 3.8) is 0 Å². The third kappa shape index (κ3) is 2.38. The van der Waals surface area contributed by atoms with E-state index in [0.29, 0.717) is 5.75 Å². The summed E-state index contributed by atoms with van der Waals surface area (Å²) in [6.45, 7) is 2.89. The molecule has 3 aromatic rings. The molecule has 0 saturated heterocycles. The molecule has 0 radical (unpaired) electrons. The Morgan fingerprint density at radius 3 is 2.71 bits per heavy atom. The molecule has 1 heterocycles. The molecule has 0 unspecified atom stereocenters. The Morgan fingerprint density at radius 2 is 2.05 bits per heavy atom. The van der Waals surface area contributed by atoms with Crippen LogP contribution in [-0.2, 0) is 6.54 Å². The van der Waals surface area contributed by atoms with Gasteiger partial charge in [0.25, 0.3) is 0 Å². The molecule has 2 aromatic carbocycles. The summed E-state index contributed by atoms with van der Waals surface area (Å²) in [4.78, 5) is 4.69. The van der Waals surface area contributed by atoms with Gasteiger partial charge in [0, 0.05) is 16.6 Å². The molecule has 1 aromatic heterocycles. The Morgan fingerprint density at radius 1 is 1.24 bits per heavy atom. The average molecular weight is 347 g/mol. The summed E-state index contributed by atoms with van der Waals surface area (Å²) in [5, 5.41) is 9.97. The molecule has 0 aliphatic rings. The van der Waals surface area contributed by atoms with Crippen molar-refractivity contribution in [2.75, 3.05) is 7.11 Å². The van der Waals surface area contributed by atoms with E-state index in [1.54, 1.807) is 12.1 Å². The van der Waals surface area contributed by atoms with E-state index in [4.69, 9.17) is 9.72 Å². The standard InChI is InChI=1S/C16H15BrN2O2/c1-3-19-13-6-5-11(17)9-12(13)18-16(19)10-4-7-15(21-2)14(20)8-10/h4-9,20H,3H2,1-2H3. The highest BCUT2D eigenvalue weighted by atomic mass is 79.9. The Kier molecular flexibility index (Phi) is 3.59. The lowest BCUT2D eigenvalue weighted by Gasteiger charge is -2.08. The first-order chi connectivity index (χ1) is 10.1. The predicted molar refractivity (Wildman–Crippen MR) is 86.8 cm³/mol. The van der Waals surface area contributed by atoms with Crippen LogP contribution >= 0.6 is 15.9 Å². The minimum absolute atomic E-state index is 0.117. The number of nitrogens with zero attached hydrogens (tertiary/aromatic N) is 2. The van der Waals surface area contributed by atoms with E-state index in [1.165, 1.54) is 7.11 Å². The summed E-state index contributed by atoms with van der Waals surface area (Å²) < 4.78 is 8.21. The normalized spacial score (nSPS) is 11.0. The van der Waals surface area contributed by atoms with Crippen molar-refractivity contribution >= 4 is 27.0 Å². The van der Waals surface area contributed by atoms with Gasteiger partial charge in [0.1, 0.15) is 5.82 Å². The van der Waals surface area contributed by atoms with Crippen LogP contribution in [0.4, 0.5) is 0 Å². The van der Waals surface area contributed by atoms with Gasteiger partial charge in [0.05, 0.1) is 18.1 Å². The highest BCUT2D eigenvalue weighted by Crippen LogP contribution is 2.33. The Balaban J connectivity index is 2.21. The average Bonchev–Trinajstić information content (AvgIpc) is 2.84. The number of phenols is 1. The van der Waals surface area contributed by atoms with Gasteiger partial charge in [-0.1, -0.05) is 15.9 Å². The fourth-order valence-corrected chi connectivity index (χ4v) is 2.82. The minimum atomic E-state index is 0.117. The third-order valence-corrected chi connectivity index (χ3v) is 3.96. The predicted octanol–water partition coefficient (Wildman–Crippen LogP) is 4.20. The highest BCUT2D eigenvalue weighted by Gasteiger charge is 2.13. The zero-order valence-electron chi connectivity index (χ0n) is 11.8. The number of hydrogen-bond acceptors (Lipinski definition) is 3. The van der Waals surface area contributed by atoms with Crippen LogP contribution in [0, 0.1) is 0 Å². The lowest BCUT2D eigenvalue weighted by Crippen LogP contribution is -1.97. The van der Waals surface area contributed by atoms with Gasteiger partial charge in [-0.3, -0.25) is 0 Å². The molecule has 0 spiro atoms. The van der Waals surface area contributed by atoms with Crippen LogP contribution in [0.15, 0.2) is 40.9 Å². The van der Waals surface area contributed by atoms with Crippen molar-refractivity contribution in [2.45, 2.75) is 13.5 Å². The maximum atomic E-state index is 9.97. The molecule has 0 atom stereocenters. The maximum absolute atomic E-state index is 9.97. The van der Waals surface area contributed by atoms with Crippen LogP contribution in [-0.4, -0.2) is 21.8 Å². The Labute approximate surface area is 131 Å². The molecule has 0 aliphatic heterocycles. The molecule has 0 bridgehead atoms. The zero-order valence-corrected chi connectivity index (χ0v) is 13.4. The molecule has 0 aliphatic carbocycles. The topological polar surface area (TPSA) is 47.3 Å². The number of imidazole rings is 1. The van der Waals surface area contributed by atoms with E-state index in [1.807, 2.05) is 24.3 Å². The lowest BCUT2D eigenvalue weighted by atomic mass is 10.2. The van der Waals surface area contributed by atoms with E-state index < -0.39 is 0 Å². The van der Waals surface area contributed by atoms with Gasteiger partial charge in [0.15, 0.2) is 11.5 Å². The number of aryl methyl sites for hydroxylation is 1. The van der Waals surface area contributed by atoms with Gasteiger partial charge in [-0.15, -0.1) is 0 Å². The molecule has 108 valence electrons.